The van der Waals surface area contributed by atoms with Gasteiger partial charge in [0, 0.05) is 24.7 Å². The molecule has 0 heterocycles. The number of benzene rings is 1. The van der Waals surface area contributed by atoms with Crippen molar-refractivity contribution in [3.63, 3.8) is 0 Å². The number of halogens is 1. The molecule has 5 nitrogen and oxygen atoms in total. The van der Waals surface area contributed by atoms with Gasteiger partial charge in [-0.1, -0.05) is 23.7 Å². The van der Waals surface area contributed by atoms with E-state index in [1.807, 2.05) is 0 Å². The van der Waals surface area contributed by atoms with Crippen LogP contribution in [0.3, 0.4) is 0 Å². The first-order valence-corrected chi connectivity index (χ1v) is 7.26. The van der Waals surface area contributed by atoms with E-state index in [-0.39, 0.29) is 13.2 Å². The molecule has 0 amide bonds. The maximum absolute atomic E-state index is 11.8. The van der Waals surface area contributed by atoms with Crippen LogP contribution in [0.2, 0.25) is 5.02 Å². The molecule has 0 unspecified atom stereocenters. The Morgan fingerprint density at radius 1 is 1.39 bits per heavy atom. The molecular weight excluding hydrogens is 276 g/mol. The Morgan fingerprint density at radius 3 is 2.44 bits per heavy atom. The number of aliphatic hydroxyl groups is 1. The molecule has 102 valence electrons. The van der Waals surface area contributed by atoms with Crippen molar-refractivity contribution < 1.29 is 13.5 Å². The average molecular weight is 293 g/mol. The van der Waals surface area contributed by atoms with Crippen LogP contribution in [0.15, 0.2) is 24.3 Å². The third kappa shape index (κ3) is 4.55. The summed E-state index contributed by atoms with van der Waals surface area (Å²) in [5, 5.41) is 9.45. The van der Waals surface area contributed by atoms with E-state index in [2.05, 4.69) is 4.72 Å². The second-order valence-electron chi connectivity index (χ2n) is 4.09. The van der Waals surface area contributed by atoms with Gasteiger partial charge in [-0.2, -0.15) is 17.4 Å². The fourth-order valence-electron chi connectivity index (χ4n) is 1.31. The molecule has 2 N–H and O–H groups in total. The largest absolute Gasteiger partial charge is 0.395 e. The highest BCUT2D eigenvalue weighted by molar-refractivity contribution is 7.87. The predicted octanol–water partition coefficient (Wildman–Crippen LogP) is 0.987. The zero-order chi connectivity index (χ0) is 13.8. The van der Waals surface area contributed by atoms with E-state index in [9.17, 15) is 8.42 Å². The van der Waals surface area contributed by atoms with Crippen LogP contribution < -0.4 is 4.72 Å². The van der Waals surface area contributed by atoms with Gasteiger partial charge in [0.1, 0.15) is 0 Å². The van der Waals surface area contributed by atoms with Crippen LogP contribution >= 0.6 is 11.6 Å². The summed E-state index contributed by atoms with van der Waals surface area (Å²) in [6, 6.07) is 6.44. The second kappa shape index (κ2) is 6.49. The molecule has 0 fully saturated rings. The molecule has 0 aromatic heterocycles. The number of hydrogen-bond donors (Lipinski definition) is 2. The Labute approximate surface area is 113 Å². The number of rotatable bonds is 6. The third-order valence-electron chi connectivity index (χ3n) is 2.35. The molecule has 0 spiro atoms. The smallest absolute Gasteiger partial charge is 0.279 e. The van der Waals surface area contributed by atoms with Crippen LogP contribution in [-0.2, 0) is 16.8 Å². The highest BCUT2D eigenvalue weighted by Crippen LogP contribution is 2.12. The number of aliphatic hydroxyl groups excluding tert-OH is 1. The maximum atomic E-state index is 11.8. The number of nitrogens with one attached hydrogen (secondary N) is 1. The Kier molecular flexibility index (Phi) is 5.55. The standard InChI is InChI=1S/C11H17ClN2O3S/c1-9(8-15)13-18(16,17)14(2)7-10-3-5-11(12)6-4-10/h3-6,9,13,15H,7-8H2,1-2H3/t9-/m1/s1. The summed E-state index contributed by atoms with van der Waals surface area (Å²) in [7, 11) is -2.12. The van der Waals surface area contributed by atoms with Gasteiger partial charge in [-0.15, -0.1) is 0 Å². The highest BCUT2D eigenvalue weighted by atomic mass is 35.5. The molecule has 0 aliphatic rings. The van der Waals surface area contributed by atoms with Crippen LogP contribution in [0.5, 0.6) is 0 Å². The summed E-state index contributed by atoms with van der Waals surface area (Å²) in [5.41, 5.74) is 0.837. The maximum Gasteiger partial charge on any atom is 0.279 e. The van der Waals surface area contributed by atoms with Crippen molar-refractivity contribution in [1.82, 2.24) is 9.03 Å². The summed E-state index contributed by atoms with van der Waals surface area (Å²) in [6.45, 7) is 1.59. The van der Waals surface area contributed by atoms with Crippen molar-refractivity contribution >= 4 is 21.8 Å². The molecule has 0 aliphatic carbocycles. The highest BCUT2D eigenvalue weighted by Gasteiger charge is 2.19. The van der Waals surface area contributed by atoms with Gasteiger partial charge in [-0.3, -0.25) is 0 Å². The monoisotopic (exact) mass is 292 g/mol. The van der Waals surface area contributed by atoms with Crippen molar-refractivity contribution in [1.29, 1.82) is 0 Å². The minimum atomic E-state index is -3.59. The molecule has 0 saturated carbocycles. The second-order valence-corrected chi connectivity index (χ2v) is 6.33. The van der Waals surface area contributed by atoms with Crippen molar-refractivity contribution in [2.24, 2.45) is 0 Å². The summed E-state index contributed by atoms with van der Waals surface area (Å²) in [4.78, 5) is 0. The molecular formula is C11H17ClN2O3S. The third-order valence-corrected chi connectivity index (χ3v) is 4.25. The first-order valence-electron chi connectivity index (χ1n) is 5.44. The van der Waals surface area contributed by atoms with Crippen LogP contribution in [0.25, 0.3) is 0 Å². The molecule has 1 rings (SSSR count). The number of hydrogen-bond acceptors (Lipinski definition) is 3. The van der Waals surface area contributed by atoms with E-state index in [1.165, 1.54) is 11.4 Å². The lowest BCUT2D eigenvalue weighted by atomic mass is 10.2. The quantitative estimate of drug-likeness (QED) is 0.821. The summed E-state index contributed by atoms with van der Waals surface area (Å²) in [5.74, 6) is 0. The fraction of sp³-hybridized carbons (Fsp3) is 0.455. The van der Waals surface area contributed by atoms with Gasteiger partial charge in [0.25, 0.3) is 10.2 Å². The minimum Gasteiger partial charge on any atom is -0.395 e. The van der Waals surface area contributed by atoms with Gasteiger partial charge in [-0.25, -0.2) is 0 Å². The van der Waals surface area contributed by atoms with Gasteiger partial charge < -0.3 is 5.11 Å². The van der Waals surface area contributed by atoms with Crippen LogP contribution in [0.4, 0.5) is 0 Å². The lowest BCUT2D eigenvalue weighted by Crippen LogP contribution is -2.43. The molecule has 1 aromatic rings. The minimum absolute atomic E-state index is 0.241. The summed E-state index contributed by atoms with van der Waals surface area (Å²) in [6.07, 6.45) is 0. The Hall–Kier alpha value is -0.660. The Morgan fingerprint density at radius 2 is 1.94 bits per heavy atom. The summed E-state index contributed by atoms with van der Waals surface area (Å²) >= 11 is 5.75. The van der Waals surface area contributed by atoms with Crippen molar-refractivity contribution in [3.8, 4) is 0 Å². The van der Waals surface area contributed by atoms with E-state index in [1.54, 1.807) is 31.2 Å². The fourth-order valence-corrected chi connectivity index (χ4v) is 2.52. The van der Waals surface area contributed by atoms with Crippen LogP contribution in [0.1, 0.15) is 12.5 Å². The molecule has 1 aromatic carbocycles. The van der Waals surface area contributed by atoms with E-state index < -0.39 is 16.3 Å². The van der Waals surface area contributed by atoms with Crippen molar-refractivity contribution in [2.75, 3.05) is 13.7 Å². The van der Waals surface area contributed by atoms with Crippen molar-refractivity contribution in [3.05, 3.63) is 34.9 Å². The van der Waals surface area contributed by atoms with Gasteiger partial charge in [0.05, 0.1) is 6.61 Å². The van der Waals surface area contributed by atoms with E-state index in [0.29, 0.717) is 5.02 Å². The number of nitrogens with zero attached hydrogens (tertiary/aromatic N) is 1. The van der Waals surface area contributed by atoms with Gasteiger partial charge in [0.15, 0.2) is 0 Å². The lowest BCUT2D eigenvalue weighted by Gasteiger charge is -2.20. The van der Waals surface area contributed by atoms with E-state index in [4.69, 9.17) is 16.7 Å². The normalized spacial score (nSPS) is 13.8. The van der Waals surface area contributed by atoms with Crippen LogP contribution in [-0.4, -0.2) is 37.5 Å². The average Bonchev–Trinajstić information content (AvgIpc) is 2.31. The van der Waals surface area contributed by atoms with E-state index in [0.717, 1.165) is 5.56 Å². The topological polar surface area (TPSA) is 69.6 Å². The van der Waals surface area contributed by atoms with Gasteiger partial charge in [0.2, 0.25) is 0 Å². The SMILES string of the molecule is C[C@H](CO)NS(=O)(=O)N(C)Cc1ccc(Cl)cc1. The molecule has 1 atom stereocenters. The first kappa shape index (κ1) is 15.4. The zero-order valence-electron chi connectivity index (χ0n) is 10.3. The lowest BCUT2D eigenvalue weighted by molar-refractivity contribution is 0.263. The molecule has 0 aliphatic heterocycles. The van der Waals surface area contributed by atoms with Gasteiger partial charge in [-0.05, 0) is 24.6 Å². The van der Waals surface area contributed by atoms with Gasteiger partial charge >= 0.3 is 0 Å². The van der Waals surface area contributed by atoms with Crippen LogP contribution in [0, 0.1) is 0 Å². The summed E-state index contributed by atoms with van der Waals surface area (Å²) < 4.78 is 27.2. The molecule has 0 bridgehead atoms. The predicted molar refractivity (Wildman–Crippen MR) is 71.5 cm³/mol. The molecule has 18 heavy (non-hydrogen) atoms. The molecule has 7 heteroatoms. The molecule has 0 saturated heterocycles. The first-order chi connectivity index (χ1) is 8.35. The Balaban J connectivity index is 2.69. The Bertz CT molecular complexity index is 476. The van der Waals surface area contributed by atoms with Crippen molar-refractivity contribution in [2.45, 2.75) is 19.5 Å². The van der Waals surface area contributed by atoms with E-state index >= 15 is 0 Å². The molecule has 0 radical (unpaired) electrons. The zero-order valence-corrected chi connectivity index (χ0v) is 11.9.